The summed E-state index contributed by atoms with van der Waals surface area (Å²) in [6.45, 7) is 4.23. The number of benzene rings is 2. The molecule has 5 nitrogen and oxygen atoms in total. The van der Waals surface area contributed by atoms with Crippen LogP contribution in [0.2, 0.25) is 0 Å². The Bertz CT molecular complexity index is 923. The predicted octanol–water partition coefficient (Wildman–Crippen LogP) is 3.81. The highest BCUT2D eigenvalue weighted by atomic mass is 16.1. The van der Waals surface area contributed by atoms with Crippen molar-refractivity contribution in [3.63, 3.8) is 0 Å². The second-order valence-corrected chi connectivity index (χ2v) is 6.12. The molecular weight excluding hydrogens is 314 g/mol. The molecule has 3 rings (SSSR count). The van der Waals surface area contributed by atoms with Crippen LogP contribution in [0.1, 0.15) is 35.7 Å². The molecule has 126 valence electrons. The molecule has 0 radical (unpaired) electrons. The van der Waals surface area contributed by atoms with Crippen LogP contribution < -0.4 is 10.9 Å². The van der Waals surface area contributed by atoms with Gasteiger partial charge in [-0.05, 0) is 41.8 Å². The smallest absolute Gasteiger partial charge is 0.264 e. The van der Waals surface area contributed by atoms with Crippen LogP contribution in [0.15, 0.2) is 65.5 Å². The van der Waals surface area contributed by atoms with Gasteiger partial charge >= 0.3 is 0 Å². The van der Waals surface area contributed by atoms with Crippen LogP contribution in [0.25, 0.3) is 11.3 Å². The first-order valence-electron chi connectivity index (χ1n) is 8.10. The fourth-order valence-electron chi connectivity index (χ4n) is 2.48. The molecule has 0 bridgehead atoms. The van der Waals surface area contributed by atoms with Crippen LogP contribution in [0, 0.1) is 0 Å². The first kappa shape index (κ1) is 16.6. The monoisotopic (exact) mass is 333 g/mol. The van der Waals surface area contributed by atoms with E-state index in [1.165, 1.54) is 11.6 Å². The van der Waals surface area contributed by atoms with Gasteiger partial charge in [0.25, 0.3) is 11.5 Å². The van der Waals surface area contributed by atoms with E-state index >= 15 is 0 Å². The molecule has 2 N–H and O–H groups in total. The van der Waals surface area contributed by atoms with E-state index in [9.17, 15) is 9.59 Å². The van der Waals surface area contributed by atoms with Gasteiger partial charge in [0.05, 0.1) is 5.69 Å². The number of amides is 1. The first-order valence-corrected chi connectivity index (χ1v) is 8.10. The lowest BCUT2D eigenvalue weighted by molar-refractivity contribution is 0.102. The maximum Gasteiger partial charge on any atom is 0.264 e. The molecular formula is C20H19N3O2. The Hall–Kier alpha value is -3.21. The molecule has 3 aromatic rings. The van der Waals surface area contributed by atoms with Gasteiger partial charge in [-0.1, -0.05) is 38.1 Å². The van der Waals surface area contributed by atoms with Gasteiger partial charge < -0.3 is 5.32 Å². The zero-order valence-electron chi connectivity index (χ0n) is 14.1. The number of nitrogens with zero attached hydrogens (tertiary/aromatic N) is 1. The predicted molar refractivity (Wildman–Crippen MR) is 98.8 cm³/mol. The van der Waals surface area contributed by atoms with Crippen LogP contribution in [-0.4, -0.2) is 16.1 Å². The zero-order chi connectivity index (χ0) is 17.8. The van der Waals surface area contributed by atoms with Gasteiger partial charge in [0, 0.05) is 22.9 Å². The summed E-state index contributed by atoms with van der Waals surface area (Å²) in [5.41, 5.74) is 3.67. The molecule has 25 heavy (non-hydrogen) atoms. The average molecular weight is 333 g/mol. The molecule has 1 heterocycles. The van der Waals surface area contributed by atoms with E-state index < -0.39 is 0 Å². The summed E-state index contributed by atoms with van der Waals surface area (Å²) in [4.78, 5) is 23.5. The van der Waals surface area contributed by atoms with Crippen molar-refractivity contribution in [2.45, 2.75) is 19.8 Å². The number of aromatic nitrogens is 2. The highest BCUT2D eigenvalue weighted by Crippen LogP contribution is 2.21. The summed E-state index contributed by atoms with van der Waals surface area (Å²) in [5, 5.41) is 9.30. The van der Waals surface area contributed by atoms with E-state index in [1.807, 2.05) is 48.5 Å². The van der Waals surface area contributed by atoms with E-state index in [4.69, 9.17) is 0 Å². The molecule has 1 amide bonds. The number of anilines is 1. The molecule has 0 atom stereocenters. The van der Waals surface area contributed by atoms with E-state index in [0.717, 1.165) is 5.56 Å². The largest absolute Gasteiger partial charge is 0.322 e. The Morgan fingerprint density at radius 3 is 2.44 bits per heavy atom. The lowest BCUT2D eigenvalue weighted by Crippen LogP contribution is -2.12. The van der Waals surface area contributed by atoms with Crippen LogP contribution in [0.4, 0.5) is 5.69 Å². The van der Waals surface area contributed by atoms with Gasteiger partial charge in [-0.3, -0.25) is 9.59 Å². The molecule has 0 unspecified atom stereocenters. The Kier molecular flexibility index (Phi) is 4.75. The Balaban J connectivity index is 1.78. The normalized spacial score (nSPS) is 10.7. The number of aromatic amines is 1. The van der Waals surface area contributed by atoms with Crippen molar-refractivity contribution < 1.29 is 4.79 Å². The molecule has 0 aliphatic rings. The average Bonchev–Trinajstić information content (AvgIpc) is 2.62. The molecule has 5 heteroatoms. The van der Waals surface area contributed by atoms with Crippen LogP contribution in [0.5, 0.6) is 0 Å². The number of carbonyl (C=O) groups is 1. The third kappa shape index (κ3) is 4.01. The van der Waals surface area contributed by atoms with Crippen LogP contribution >= 0.6 is 0 Å². The summed E-state index contributed by atoms with van der Waals surface area (Å²) >= 11 is 0. The topological polar surface area (TPSA) is 74.8 Å². The Labute approximate surface area is 145 Å². The van der Waals surface area contributed by atoms with Gasteiger partial charge in [0.2, 0.25) is 0 Å². The molecule has 0 saturated heterocycles. The highest BCUT2D eigenvalue weighted by Gasteiger charge is 2.08. The minimum atomic E-state index is -0.252. The summed E-state index contributed by atoms with van der Waals surface area (Å²) in [7, 11) is 0. The minimum absolute atomic E-state index is 0.165. The number of nitrogens with one attached hydrogen (secondary N) is 2. The SMILES string of the molecule is CC(C)c1ccc(C(=O)Nc2cccc(-c3ccc(=O)[nH]n3)c2)cc1. The molecule has 0 aliphatic heterocycles. The van der Waals surface area contributed by atoms with Crippen molar-refractivity contribution >= 4 is 11.6 Å². The maximum absolute atomic E-state index is 12.4. The van der Waals surface area contributed by atoms with Crippen LogP contribution in [0.3, 0.4) is 0 Å². The molecule has 1 aromatic heterocycles. The number of rotatable bonds is 4. The van der Waals surface area contributed by atoms with Crippen LogP contribution in [-0.2, 0) is 0 Å². The molecule has 0 aliphatic carbocycles. The van der Waals surface area contributed by atoms with Crippen molar-refractivity contribution in [2.24, 2.45) is 0 Å². The van der Waals surface area contributed by atoms with E-state index in [1.54, 1.807) is 6.07 Å². The fraction of sp³-hybridized carbons (Fsp3) is 0.150. The second kappa shape index (κ2) is 7.13. The van der Waals surface area contributed by atoms with Crippen molar-refractivity contribution in [1.29, 1.82) is 0 Å². The van der Waals surface area contributed by atoms with Gasteiger partial charge in [-0.25, -0.2) is 5.10 Å². The zero-order valence-corrected chi connectivity index (χ0v) is 14.1. The number of carbonyl (C=O) groups excluding carboxylic acids is 1. The van der Waals surface area contributed by atoms with Gasteiger partial charge in [0.15, 0.2) is 0 Å². The second-order valence-electron chi connectivity index (χ2n) is 6.12. The van der Waals surface area contributed by atoms with Gasteiger partial charge in [-0.15, -0.1) is 0 Å². The molecule has 2 aromatic carbocycles. The lowest BCUT2D eigenvalue weighted by atomic mass is 10.0. The van der Waals surface area contributed by atoms with Crippen molar-refractivity contribution in [3.05, 3.63) is 82.1 Å². The standard InChI is InChI=1S/C20H19N3O2/c1-13(2)14-6-8-15(9-7-14)20(25)21-17-5-3-4-16(12-17)18-10-11-19(24)23-22-18/h3-13H,1-2H3,(H,21,25)(H,23,24). The quantitative estimate of drug-likeness (QED) is 0.762. The number of H-pyrrole nitrogens is 1. The van der Waals surface area contributed by atoms with Crippen molar-refractivity contribution in [2.75, 3.05) is 5.32 Å². The Morgan fingerprint density at radius 2 is 1.80 bits per heavy atom. The molecule has 0 spiro atoms. The third-order valence-corrected chi connectivity index (χ3v) is 3.93. The highest BCUT2D eigenvalue weighted by molar-refractivity contribution is 6.04. The third-order valence-electron chi connectivity index (χ3n) is 3.93. The van der Waals surface area contributed by atoms with Crippen molar-refractivity contribution in [3.8, 4) is 11.3 Å². The van der Waals surface area contributed by atoms with Gasteiger partial charge in [0.1, 0.15) is 0 Å². The van der Waals surface area contributed by atoms with E-state index in [0.29, 0.717) is 22.9 Å². The number of hydrogen-bond acceptors (Lipinski definition) is 3. The van der Waals surface area contributed by atoms with Crippen molar-refractivity contribution in [1.82, 2.24) is 10.2 Å². The first-order chi connectivity index (χ1) is 12.0. The fourth-order valence-corrected chi connectivity index (χ4v) is 2.48. The van der Waals surface area contributed by atoms with Gasteiger partial charge in [-0.2, -0.15) is 5.10 Å². The number of hydrogen-bond donors (Lipinski definition) is 2. The lowest BCUT2D eigenvalue weighted by Gasteiger charge is -2.09. The molecule has 0 saturated carbocycles. The summed E-state index contributed by atoms with van der Waals surface area (Å²) in [6.07, 6.45) is 0. The Morgan fingerprint density at radius 1 is 1.04 bits per heavy atom. The van der Waals surface area contributed by atoms with E-state index in [-0.39, 0.29) is 11.5 Å². The summed E-state index contributed by atoms with van der Waals surface area (Å²) in [5.74, 6) is 0.264. The molecule has 0 fully saturated rings. The summed E-state index contributed by atoms with van der Waals surface area (Å²) in [6, 6.07) is 18.0. The summed E-state index contributed by atoms with van der Waals surface area (Å²) < 4.78 is 0. The minimum Gasteiger partial charge on any atom is -0.322 e. The van der Waals surface area contributed by atoms with E-state index in [2.05, 4.69) is 29.4 Å². The maximum atomic E-state index is 12.4.